The normalized spacial score (nSPS) is 11.3. The van der Waals surface area contributed by atoms with Gasteiger partial charge in [0, 0.05) is 0 Å². The van der Waals surface area contributed by atoms with Crippen LogP contribution in [-0.4, -0.2) is 4.98 Å². The van der Waals surface area contributed by atoms with Gasteiger partial charge in [-0.25, -0.2) is 4.98 Å². The summed E-state index contributed by atoms with van der Waals surface area (Å²) in [4.78, 5) is 4.36. The molecule has 2 rings (SSSR count). The quantitative estimate of drug-likeness (QED) is 0.725. The maximum atomic E-state index is 5.42. The van der Waals surface area contributed by atoms with Crippen molar-refractivity contribution in [2.24, 2.45) is 0 Å². The molecule has 0 amide bonds. The van der Waals surface area contributed by atoms with Gasteiger partial charge in [0.1, 0.15) is 0 Å². The van der Waals surface area contributed by atoms with Gasteiger partial charge in [-0.05, 0) is 24.6 Å². The smallest absolute Gasteiger partial charge is 0.279 e. The summed E-state index contributed by atoms with van der Waals surface area (Å²) in [7, 11) is 0. The fourth-order valence-electron chi connectivity index (χ4n) is 1.24. The van der Waals surface area contributed by atoms with Gasteiger partial charge in [0.15, 0.2) is 0 Å². The lowest BCUT2D eigenvalue weighted by Crippen LogP contribution is -1.79. The molecular formula is C12H13NOS. The molecule has 0 unspecified atom stereocenters. The van der Waals surface area contributed by atoms with E-state index in [1.165, 1.54) is 0 Å². The van der Waals surface area contributed by atoms with Gasteiger partial charge < -0.3 is 4.74 Å². The van der Waals surface area contributed by atoms with Crippen LogP contribution in [0.2, 0.25) is 0 Å². The standard InChI is InChI=1S/C12H13NOS/c1-2-3-6-9-14-12-13-10-7-4-5-8-11(10)15-12/h4-9H,2-3H2,1H3/b9-6+. The van der Waals surface area contributed by atoms with Crippen molar-refractivity contribution >= 4 is 21.6 Å². The Labute approximate surface area is 93.2 Å². The van der Waals surface area contributed by atoms with Crippen molar-refractivity contribution in [3.63, 3.8) is 0 Å². The number of benzene rings is 1. The van der Waals surface area contributed by atoms with Crippen LogP contribution >= 0.6 is 11.3 Å². The molecule has 0 bridgehead atoms. The number of allylic oxidation sites excluding steroid dienone is 1. The summed E-state index contributed by atoms with van der Waals surface area (Å²) in [6.45, 7) is 2.14. The van der Waals surface area contributed by atoms with E-state index in [1.54, 1.807) is 17.6 Å². The molecular weight excluding hydrogens is 206 g/mol. The van der Waals surface area contributed by atoms with Crippen LogP contribution in [0.15, 0.2) is 36.6 Å². The maximum absolute atomic E-state index is 5.42. The largest absolute Gasteiger partial charge is 0.439 e. The molecule has 0 aliphatic heterocycles. The van der Waals surface area contributed by atoms with Crippen molar-refractivity contribution in [1.82, 2.24) is 4.98 Å². The molecule has 0 saturated carbocycles. The Morgan fingerprint density at radius 2 is 2.27 bits per heavy atom. The molecule has 1 aromatic heterocycles. The second-order valence-electron chi connectivity index (χ2n) is 3.23. The molecule has 0 spiro atoms. The van der Waals surface area contributed by atoms with E-state index in [4.69, 9.17) is 4.74 Å². The molecule has 0 radical (unpaired) electrons. The second-order valence-corrected chi connectivity index (χ2v) is 4.22. The van der Waals surface area contributed by atoms with Crippen molar-refractivity contribution in [1.29, 1.82) is 0 Å². The number of fused-ring (bicyclic) bond motifs is 1. The monoisotopic (exact) mass is 219 g/mol. The van der Waals surface area contributed by atoms with Gasteiger partial charge in [-0.2, -0.15) is 0 Å². The second kappa shape index (κ2) is 4.94. The number of hydrogen-bond acceptors (Lipinski definition) is 3. The van der Waals surface area contributed by atoms with E-state index >= 15 is 0 Å². The highest BCUT2D eigenvalue weighted by atomic mass is 32.1. The molecule has 1 heterocycles. The van der Waals surface area contributed by atoms with Crippen LogP contribution in [0.5, 0.6) is 5.19 Å². The Kier molecular flexibility index (Phi) is 3.35. The minimum Gasteiger partial charge on any atom is -0.439 e. The summed E-state index contributed by atoms with van der Waals surface area (Å²) < 4.78 is 6.58. The van der Waals surface area contributed by atoms with E-state index < -0.39 is 0 Å². The lowest BCUT2D eigenvalue weighted by Gasteiger charge is -1.90. The zero-order chi connectivity index (χ0) is 10.5. The molecule has 0 saturated heterocycles. The average Bonchev–Trinajstić information content (AvgIpc) is 2.67. The number of nitrogens with zero attached hydrogens (tertiary/aromatic N) is 1. The SMILES string of the molecule is CCC/C=C/Oc1nc2ccccc2s1. The van der Waals surface area contributed by atoms with E-state index in [9.17, 15) is 0 Å². The summed E-state index contributed by atoms with van der Waals surface area (Å²) in [6, 6.07) is 8.04. The van der Waals surface area contributed by atoms with E-state index in [1.807, 2.05) is 24.3 Å². The molecule has 3 heteroatoms. The van der Waals surface area contributed by atoms with Crippen molar-refractivity contribution in [3.8, 4) is 5.19 Å². The third kappa shape index (κ3) is 2.57. The lowest BCUT2D eigenvalue weighted by molar-refractivity contribution is 0.476. The van der Waals surface area contributed by atoms with Crippen LogP contribution in [0.1, 0.15) is 19.8 Å². The summed E-state index contributed by atoms with van der Waals surface area (Å²) in [5, 5.41) is 0.712. The molecule has 1 aromatic carbocycles. The zero-order valence-corrected chi connectivity index (χ0v) is 9.46. The summed E-state index contributed by atoms with van der Waals surface area (Å²) in [6.07, 6.45) is 5.93. The molecule has 0 fully saturated rings. The number of unbranched alkanes of at least 4 members (excludes halogenated alkanes) is 1. The number of para-hydroxylation sites is 1. The van der Waals surface area contributed by atoms with Crippen LogP contribution in [0.4, 0.5) is 0 Å². The third-order valence-electron chi connectivity index (χ3n) is 1.99. The third-order valence-corrected chi connectivity index (χ3v) is 2.92. The molecule has 0 aliphatic carbocycles. The number of thiazole rings is 1. The van der Waals surface area contributed by atoms with Gasteiger partial charge in [-0.3, -0.25) is 0 Å². The van der Waals surface area contributed by atoms with Gasteiger partial charge in [-0.15, -0.1) is 0 Å². The van der Waals surface area contributed by atoms with Crippen LogP contribution in [0.25, 0.3) is 10.2 Å². The summed E-state index contributed by atoms with van der Waals surface area (Å²) in [5.41, 5.74) is 1.00. The Morgan fingerprint density at radius 1 is 1.40 bits per heavy atom. The fourth-order valence-corrected chi connectivity index (χ4v) is 2.04. The van der Waals surface area contributed by atoms with Crippen LogP contribution in [0.3, 0.4) is 0 Å². The molecule has 0 N–H and O–H groups in total. The predicted octanol–water partition coefficient (Wildman–Crippen LogP) is 3.99. The highest BCUT2D eigenvalue weighted by molar-refractivity contribution is 7.20. The molecule has 0 atom stereocenters. The molecule has 0 aliphatic rings. The van der Waals surface area contributed by atoms with Gasteiger partial charge in [0.2, 0.25) is 0 Å². The first kappa shape index (κ1) is 10.2. The Bertz CT molecular complexity index is 428. The highest BCUT2D eigenvalue weighted by Crippen LogP contribution is 2.27. The van der Waals surface area contributed by atoms with E-state index in [0.717, 1.165) is 23.1 Å². The zero-order valence-electron chi connectivity index (χ0n) is 8.64. The number of ether oxygens (including phenoxy) is 1. The molecule has 2 nitrogen and oxygen atoms in total. The first-order chi connectivity index (χ1) is 7.40. The van der Waals surface area contributed by atoms with Gasteiger partial charge >= 0.3 is 0 Å². The van der Waals surface area contributed by atoms with Gasteiger partial charge in [0.25, 0.3) is 5.19 Å². The summed E-state index contributed by atoms with van der Waals surface area (Å²) in [5.74, 6) is 0. The summed E-state index contributed by atoms with van der Waals surface area (Å²) >= 11 is 1.57. The van der Waals surface area contributed by atoms with E-state index in [0.29, 0.717) is 5.19 Å². The topological polar surface area (TPSA) is 22.1 Å². The lowest BCUT2D eigenvalue weighted by atomic mass is 10.3. The highest BCUT2D eigenvalue weighted by Gasteiger charge is 2.01. The van der Waals surface area contributed by atoms with Crippen LogP contribution < -0.4 is 4.74 Å². The van der Waals surface area contributed by atoms with Gasteiger partial charge in [-0.1, -0.05) is 36.8 Å². The maximum Gasteiger partial charge on any atom is 0.279 e. The van der Waals surface area contributed by atoms with Gasteiger partial charge in [0.05, 0.1) is 16.5 Å². The Hall–Kier alpha value is -1.35. The number of rotatable bonds is 4. The number of hydrogen-bond donors (Lipinski definition) is 0. The van der Waals surface area contributed by atoms with Crippen molar-refractivity contribution in [2.75, 3.05) is 0 Å². The first-order valence-corrected chi connectivity index (χ1v) is 5.89. The van der Waals surface area contributed by atoms with E-state index in [2.05, 4.69) is 18.0 Å². The molecule has 78 valence electrons. The minimum absolute atomic E-state index is 0.712. The fraction of sp³-hybridized carbons (Fsp3) is 0.250. The average molecular weight is 219 g/mol. The van der Waals surface area contributed by atoms with Crippen LogP contribution in [0, 0.1) is 0 Å². The Morgan fingerprint density at radius 3 is 3.07 bits per heavy atom. The minimum atomic E-state index is 0.712. The molecule has 15 heavy (non-hydrogen) atoms. The molecule has 2 aromatic rings. The van der Waals surface area contributed by atoms with Crippen molar-refractivity contribution in [2.45, 2.75) is 19.8 Å². The van der Waals surface area contributed by atoms with E-state index in [-0.39, 0.29) is 0 Å². The Balaban J connectivity index is 2.09. The van der Waals surface area contributed by atoms with Crippen LogP contribution in [-0.2, 0) is 0 Å². The first-order valence-electron chi connectivity index (χ1n) is 5.07. The van der Waals surface area contributed by atoms with Crippen molar-refractivity contribution < 1.29 is 4.74 Å². The van der Waals surface area contributed by atoms with Crippen molar-refractivity contribution in [3.05, 3.63) is 36.6 Å². The predicted molar refractivity (Wildman–Crippen MR) is 64.3 cm³/mol. The number of aromatic nitrogens is 1.